The predicted octanol–water partition coefficient (Wildman–Crippen LogP) is 0.627. The lowest BCUT2D eigenvalue weighted by atomic mass is 9.93. The predicted molar refractivity (Wildman–Crippen MR) is 59.2 cm³/mol. The van der Waals surface area contributed by atoms with Crippen LogP contribution < -0.4 is 10.6 Å². The molecule has 0 amide bonds. The highest BCUT2D eigenvalue weighted by Gasteiger charge is 2.29. The molecular formula is C11H23N3. The van der Waals surface area contributed by atoms with Gasteiger partial charge in [-0.05, 0) is 24.8 Å². The van der Waals surface area contributed by atoms with Crippen LogP contribution in [0.25, 0.3) is 0 Å². The van der Waals surface area contributed by atoms with Gasteiger partial charge in [0.2, 0.25) is 0 Å². The van der Waals surface area contributed by atoms with Gasteiger partial charge < -0.3 is 10.6 Å². The van der Waals surface area contributed by atoms with E-state index in [0.29, 0.717) is 11.6 Å². The van der Waals surface area contributed by atoms with Gasteiger partial charge in [-0.15, -0.1) is 0 Å². The quantitative estimate of drug-likeness (QED) is 0.645. The minimum atomic E-state index is 0.417. The molecule has 0 radical (unpaired) electrons. The Hall–Kier alpha value is -0.120. The van der Waals surface area contributed by atoms with E-state index in [0.717, 1.165) is 13.1 Å². The monoisotopic (exact) mass is 197 g/mol. The summed E-state index contributed by atoms with van der Waals surface area (Å²) in [6.07, 6.45) is 3.32. The number of hydrogen-bond donors (Lipinski definition) is 2. The van der Waals surface area contributed by atoms with Crippen LogP contribution in [0.3, 0.4) is 0 Å². The fourth-order valence-electron chi connectivity index (χ4n) is 2.58. The maximum Gasteiger partial charge on any atom is 0.0598 e. The average molecular weight is 197 g/mol. The maximum atomic E-state index is 3.59. The summed E-state index contributed by atoms with van der Waals surface area (Å²) in [6, 6.07) is 0. The van der Waals surface area contributed by atoms with Crippen molar-refractivity contribution in [2.24, 2.45) is 5.41 Å². The molecule has 3 nitrogen and oxygen atoms in total. The minimum absolute atomic E-state index is 0.417. The molecule has 1 atom stereocenters. The summed E-state index contributed by atoms with van der Waals surface area (Å²) < 4.78 is 0. The summed E-state index contributed by atoms with van der Waals surface area (Å²) in [6.45, 7) is 10.6. The van der Waals surface area contributed by atoms with Crippen molar-refractivity contribution >= 4 is 0 Å². The van der Waals surface area contributed by atoms with Gasteiger partial charge in [0.25, 0.3) is 0 Å². The Labute approximate surface area is 87.2 Å². The molecule has 0 bridgehead atoms. The molecule has 2 aliphatic rings. The first-order valence-electron chi connectivity index (χ1n) is 5.86. The van der Waals surface area contributed by atoms with Crippen LogP contribution in [0.5, 0.6) is 0 Å². The van der Waals surface area contributed by atoms with Gasteiger partial charge in [0.1, 0.15) is 0 Å². The molecule has 2 aliphatic heterocycles. The number of rotatable bonds is 1. The van der Waals surface area contributed by atoms with Gasteiger partial charge in [-0.2, -0.15) is 0 Å². The lowest BCUT2D eigenvalue weighted by Crippen LogP contribution is -2.46. The van der Waals surface area contributed by atoms with Crippen molar-refractivity contribution in [3.05, 3.63) is 0 Å². The molecule has 2 rings (SSSR count). The Kier molecular flexibility index (Phi) is 3.10. The lowest BCUT2D eigenvalue weighted by Gasteiger charge is -2.33. The molecule has 2 saturated heterocycles. The van der Waals surface area contributed by atoms with Crippen LogP contribution in [0, 0.1) is 5.41 Å². The second-order valence-corrected chi connectivity index (χ2v) is 5.42. The molecule has 0 aromatic rings. The normalized spacial score (nSPS) is 34.3. The van der Waals surface area contributed by atoms with Gasteiger partial charge in [-0.1, -0.05) is 13.8 Å². The molecule has 0 aromatic carbocycles. The Morgan fingerprint density at radius 2 is 2.14 bits per heavy atom. The lowest BCUT2D eigenvalue weighted by molar-refractivity contribution is 0.141. The summed E-state index contributed by atoms with van der Waals surface area (Å²) in [5.74, 6) is 0. The van der Waals surface area contributed by atoms with Crippen molar-refractivity contribution in [3.63, 3.8) is 0 Å². The van der Waals surface area contributed by atoms with Crippen LogP contribution in [0.1, 0.15) is 26.7 Å². The van der Waals surface area contributed by atoms with E-state index in [2.05, 4.69) is 29.4 Å². The van der Waals surface area contributed by atoms with Crippen molar-refractivity contribution in [1.82, 2.24) is 15.5 Å². The van der Waals surface area contributed by atoms with E-state index in [9.17, 15) is 0 Å². The first kappa shape index (κ1) is 10.4. The van der Waals surface area contributed by atoms with Crippen molar-refractivity contribution in [1.29, 1.82) is 0 Å². The molecule has 14 heavy (non-hydrogen) atoms. The molecule has 0 spiro atoms. The maximum absolute atomic E-state index is 3.59. The first-order chi connectivity index (χ1) is 6.67. The van der Waals surface area contributed by atoms with Crippen LogP contribution in [-0.2, 0) is 0 Å². The summed E-state index contributed by atoms with van der Waals surface area (Å²) in [5.41, 5.74) is 0.417. The molecule has 3 heteroatoms. The molecular weight excluding hydrogens is 174 g/mol. The van der Waals surface area contributed by atoms with Crippen molar-refractivity contribution in [3.8, 4) is 0 Å². The van der Waals surface area contributed by atoms with Crippen molar-refractivity contribution in [2.45, 2.75) is 32.9 Å². The fourth-order valence-corrected chi connectivity index (χ4v) is 2.58. The van der Waals surface area contributed by atoms with E-state index >= 15 is 0 Å². The first-order valence-corrected chi connectivity index (χ1v) is 5.86. The Morgan fingerprint density at radius 1 is 1.29 bits per heavy atom. The highest BCUT2D eigenvalue weighted by atomic mass is 15.3. The second-order valence-electron chi connectivity index (χ2n) is 5.42. The Balaban J connectivity index is 1.95. The van der Waals surface area contributed by atoms with Gasteiger partial charge >= 0.3 is 0 Å². The van der Waals surface area contributed by atoms with Gasteiger partial charge in [0.15, 0.2) is 0 Å². The minimum Gasteiger partial charge on any atom is -0.315 e. The number of nitrogens with zero attached hydrogens (tertiary/aromatic N) is 1. The van der Waals surface area contributed by atoms with Crippen LogP contribution in [-0.4, -0.2) is 43.8 Å². The molecule has 0 aliphatic carbocycles. The molecule has 2 heterocycles. The van der Waals surface area contributed by atoms with Gasteiger partial charge in [0.05, 0.1) is 6.17 Å². The smallest absolute Gasteiger partial charge is 0.0598 e. The van der Waals surface area contributed by atoms with Gasteiger partial charge in [-0.25, -0.2) is 0 Å². The second kappa shape index (κ2) is 4.17. The molecule has 0 saturated carbocycles. The van der Waals surface area contributed by atoms with E-state index in [1.165, 1.54) is 32.5 Å². The van der Waals surface area contributed by atoms with E-state index in [-0.39, 0.29) is 0 Å². The molecule has 0 aromatic heterocycles. The summed E-state index contributed by atoms with van der Waals surface area (Å²) in [5, 5.41) is 7.11. The van der Waals surface area contributed by atoms with Crippen molar-refractivity contribution < 1.29 is 0 Å². The van der Waals surface area contributed by atoms with E-state index < -0.39 is 0 Å². The summed E-state index contributed by atoms with van der Waals surface area (Å²) in [7, 11) is 0. The third-order valence-corrected chi connectivity index (χ3v) is 3.29. The van der Waals surface area contributed by atoms with Crippen molar-refractivity contribution in [2.75, 3.05) is 32.7 Å². The SMILES string of the molecule is CC1(C)CNCCN(C2CCCN2)C1. The summed E-state index contributed by atoms with van der Waals surface area (Å²) in [4.78, 5) is 2.62. The third kappa shape index (κ3) is 2.47. The summed E-state index contributed by atoms with van der Waals surface area (Å²) >= 11 is 0. The Morgan fingerprint density at radius 3 is 2.86 bits per heavy atom. The van der Waals surface area contributed by atoms with Crippen LogP contribution >= 0.6 is 0 Å². The molecule has 82 valence electrons. The highest BCUT2D eigenvalue weighted by Crippen LogP contribution is 2.21. The van der Waals surface area contributed by atoms with Crippen LogP contribution in [0.2, 0.25) is 0 Å². The zero-order chi connectivity index (χ0) is 10.0. The van der Waals surface area contributed by atoms with E-state index in [4.69, 9.17) is 0 Å². The van der Waals surface area contributed by atoms with E-state index in [1.807, 2.05) is 0 Å². The van der Waals surface area contributed by atoms with Gasteiger partial charge in [0, 0.05) is 26.2 Å². The molecule has 1 unspecified atom stereocenters. The average Bonchev–Trinajstić information content (AvgIpc) is 2.57. The zero-order valence-corrected chi connectivity index (χ0v) is 9.47. The van der Waals surface area contributed by atoms with Crippen LogP contribution in [0.15, 0.2) is 0 Å². The standard InChI is InChI=1S/C11H23N3/c1-11(2)8-12-6-7-14(9-11)10-4-3-5-13-10/h10,12-13H,3-9H2,1-2H3. The van der Waals surface area contributed by atoms with Gasteiger partial charge in [-0.3, -0.25) is 4.90 Å². The third-order valence-electron chi connectivity index (χ3n) is 3.29. The zero-order valence-electron chi connectivity index (χ0n) is 9.47. The number of nitrogens with one attached hydrogen (secondary N) is 2. The Bertz CT molecular complexity index is 185. The molecule has 2 fully saturated rings. The number of hydrogen-bond acceptors (Lipinski definition) is 3. The fraction of sp³-hybridized carbons (Fsp3) is 1.00. The topological polar surface area (TPSA) is 27.3 Å². The largest absolute Gasteiger partial charge is 0.315 e. The van der Waals surface area contributed by atoms with Crippen LogP contribution in [0.4, 0.5) is 0 Å². The highest BCUT2D eigenvalue weighted by molar-refractivity contribution is 4.85. The van der Waals surface area contributed by atoms with E-state index in [1.54, 1.807) is 0 Å². The molecule has 2 N–H and O–H groups in total.